The summed E-state index contributed by atoms with van der Waals surface area (Å²) in [6.07, 6.45) is -3.53. The smallest absolute Gasteiger partial charge is 0.369 e. The van der Waals surface area contributed by atoms with Crippen molar-refractivity contribution in [3.63, 3.8) is 0 Å². The lowest BCUT2D eigenvalue weighted by Crippen LogP contribution is -2.30. The molecule has 0 spiro atoms. The molecule has 1 heterocycles. The first-order valence-corrected chi connectivity index (χ1v) is 6.08. The molecule has 1 aliphatic rings. The molecule has 0 radical (unpaired) electrons. The van der Waals surface area contributed by atoms with Gasteiger partial charge in [0, 0.05) is 29.8 Å². The van der Waals surface area contributed by atoms with E-state index in [1.54, 1.807) is 4.90 Å². The quantitative estimate of drug-likeness (QED) is 0.894. The van der Waals surface area contributed by atoms with Crippen molar-refractivity contribution < 1.29 is 13.2 Å². The molecule has 0 aromatic heterocycles. The van der Waals surface area contributed by atoms with Crippen molar-refractivity contribution in [1.82, 2.24) is 5.32 Å². The van der Waals surface area contributed by atoms with Crippen LogP contribution in [0.2, 0.25) is 5.02 Å². The maximum Gasteiger partial charge on any atom is 0.418 e. The second-order valence-electron chi connectivity index (χ2n) is 4.38. The highest BCUT2D eigenvalue weighted by Crippen LogP contribution is 2.39. The van der Waals surface area contributed by atoms with E-state index in [9.17, 15) is 13.2 Å². The molecule has 1 aromatic rings. The number of nitrogens with one attached hydrogen (secondary N) is 1. The third-order valence-corrected chi connectivity index (χ3v) is 3.44. The fourth-order valence-electron chi connectivity index (χ4n) is 2.23. The Morgan fingerprint density at radius 1 is 1.39 bits per heavy atom. The van der Waals surface area contributed by atoms with Gasteiger partial charge in [-0.2, -0.15) is 13.2 Å². The number of hydrogen-bond donors (Lipinski definition) is 1. The molecule has 2 rings (SSSR count). The van der Waals surface area contributed by atoms with Gasteiger partial charge < -0.3 is 10.2 Å². The molecular weight excluding hydrogens is 265 g/mol. The van der Waals surface area contributed by atoms with Gasteiger partial charge in [0.25, 0.3) is 0 Å². The van der Waals surface area contributed by atoms with Gasteiger partial charge in [-0.1, -0.05) is 11.6 Å². The minimum Gasteiger partial charge on any atom is -0.369 e. The summed E-state index contributed by atoms with van der Waals surface area (Å²) in [7, 11) is 1.82. The fraction of sp³-hybridized carbons (Fsp3) is 0.500. The molecule has 0 bridgehead atoms. The number of likely N-dealkylation sites (N-methyl/N-ethyl adjacent to an activating group) is 1. The van der Waals surface area contributed by atoms with Gasteiger partial charge in [0.1, 0.15) is 0 Å². The molecule has 1 saturated heterocycles. The van der Waals surface area contributed by atoms with Crippen molar-refractivity contribution in [2.75, 3.05) is 25.0 Å². The Morgan fingerprint density at radius 2 is 2.11 bits per heavy atom. The molecule has 100 valence electrons. The highest BCUT2D eigenvalue weighted by Gasteiger charge is 2.36. The fourth-order valence-corrected chi connectivity index (χ4v) is 2.40. The molecule has 6 heteroatoms. The van der Waals surface area contributed by atoms with Crippen LogP contribution in [0.25, 0.3) is 0 Å². The van der Waals surface area contributed by atoms with Crippen LogP contribution in [0.1, 0.15) is 12.0 Å². The Hall–Kier alpha value is -0.940. The first-order valence-electron chi connectivity index (χ1n) is 5.71. The molecule has 0 amide bonds. The SMILES string of the molecule is CNC1CCN(c2ccc(Cl)cc2C(F)(F)F)C1. The predicted molar refractivity (Wildman–Crippen MR) is 66.1 cm³/mol. The number of anilines is 1. The van der Waals surface area contributed by atoms with E-state index in [1.165, 1.54) is 12.1 Å². The third kappa shape index (κ3) is 2.72. The van der Waals surface area contributed by atoms with Crippen LogP contribution < -0.4 is 10.2 Å². The van der Waals surface area contributed by atoms with Crippen molar-refractivity contribution >= 4 is 17.3 Å². The summed E-state index contributed by atoms with van der Waals surface area (Å²) < 4.78 is 38.9. The van der Waals surface area contributed by atoms with Crippen molar-refractivity contribution in [2.24, 2.45) is 0 Å². The van der Waals surface area contributed by atoms with Crippen LogP contribution in [0.15, 0.2) is 18.2 Å². The Kier molecular flexibility index (Phi) is 3.73. The summed E-state index contributed by atoms with van der Waals surface area (Å²) >= 11 is 5.65. The Labute approximate surface area is 109 Å². The van der Waals surface area contributed by atoms with Crippen molar-refractivity contribution in [2.45, 2.75) is 18.6 Å². The van der Waals surface area contributed by atoms with Crippen LogP contribution in [0.3, 0.4) is 0 Å². The predicted octanol–water partition coefficient (Wildman–Crippen LogP) is 3.16. The summed E-state index contributed by atoms with van der Waals surface area (Å²) in [6, 6.07) is 4.17. The van der Waals surface area contributed by atoms with E-state index in [0.717, 1.165) is 12.5 Å². The monoisotopic (exact) mass is 278 g/mol. The van der Waals surface area contributed by atoms with Gasteiger partial charge >= 0.3 is 6.18 Å². The Bertz CT molecular complexity index is 434. The van der Waals surface area contributed by atoms with Crippen LogP contribution in [-0.2, 0) is 6.18 Å². The minimum atomic E-state index is -4.38. The molecule has 1 N–H and O–H groups in total. The lowest BCUT2D eigenvalue weighted by molar-refractivity contribution is -0.137. The number of alkyl halides is 3. The van der Waals surface area contributed by atoms with Crippen molar-refractivity contribution in [1.29, 1.82) is 0 Å². The van der Waals surface area contributed by atoms with Crippen LogP contribution in [0.5, 0.6) is 0 Å². The number of halogens is 4. The molecule has 1 unspecified atom stereocenters. The van der Waals surface area contributed by atoms with Gasteiger partial charge in [0.2, 0.25) is 0 Å². The molecule has 2 nitrogen and oxygen atoms in total. The van der Waals surface area contributed by atoms with Gasteiger partial charge in [0.15, 0.2) is 0 Å². The van der Waals surface area contributed by atoms with Gasteiger partial charge in [0.05, 0.1) is 5.56 Å². The molecule has 0 aliphatic carbocycles. The van der Waals surface area contributed by atoms with E-state index < -0.39 is 11.7 Å². The summed E-state index contributed by atoms with van der Waals surface area (Å²) in [4.78, 5) is 1.75. The molecule has 1 aliphatic heterocycles. The van der Waals surface area contributed by atoms with E-state index in [-0.39, 0.29) is 16.8 Å². The van der Waals surface area contributed by atoms with Crippen LogP contribution in [0.4, 0.5) is 18.9 Å². The summed E-state index contributed by atoms with van der Waals surface area (Å²) in [5, 5.41) is 3.19. The van der Waals surface area contributed by atoms with Gasteiger partial charge in [-0.15, -0.1) is 0 Å². The van der Waals surface area contributed by atoms with E-state index >= 15 is 0 Å². The molecule has 1 atom stereocenters. The van der Waals surface area contributed by atoms with E-state index in [0.29, 0.717) is 13.1 Å². The zero-order chi connectivity index (χ0) is 13.3. The first kappa shape index (κ1) is 13.5. The number of nitrogens with zero attached hydrogens (tertiary/aromatic N) is 1. The highest BCUT2D eigenvalue weighted by atomic mass is 35.5. The van der Waals surface area contributed by atoms with E-state index in [1.807, 2.05) is 7.05 Å². The molecule has 1 fully saturated rings. The van der Waals surface area contributed by atoms with E-state index in [2.05, 4.69) is 5.32 Å². The molecule has 18 heavy (non-hydrogen) atoms. The van der Waals surface area contributed by atoms with Crippen LogP contribution >= 0.6 is 11.6 Å². The molecule has 0 saturated carbocycles. The summed E-state index contributed by atoms with van der Waals surface area (Å²) in [5.74, 6) is 0. The number of benzene rings is 1. The zero-order valence-corrected chi connectivity index (χ0v) is 10.6. The maximum atomic E-state index is 13.0. The molecule has 1 aromatic carbocycles. The van der Waals surface area contributed by atoms with Crippen LogP contribution in [-0.4, -0.2) is 26.2 Å². The topological polar surface area (TPSA) is 15.3 Å². The highest BCUT2D eigenvalue weighted by molar-refractivity contribution is 6.30. The molecular formula is C12H14ClF3N2. The summed E-state index contributed by atoms with van der Waals surface area (Å²) in [5.41, 5.74) is -0.448. The number of rotatable bonds is 2. The van der Waals surface area contributed by atoms with Crippen molar-refractivity contribution in [3.8, 4) is 0 Å². The van der Waals surface area contributed by atoms with Crippen molar-refractivity contribution in [3.05, 3.63) is 28.8 Å². The zero-order valence-electron chi connectivity index (χ0n) is 9.89. The van der Waals surface area contributed by atoms with Gasteiger partial charge in [-0.05, 0) is 31.7 Å². The second-order valence-corrected chi connectivity index (χ2v) is 4.82. The lowest BCUT2D eigenvalue weighted by atomic mass is 10.1. The normalized spacial score (nSPS) is 20.5. The Balaban J connectivity index is 2.33. The van der Waals surface area contributed by atoms with Gasteiger partial charge in [-0.3, -0.25) is 0 Å². The average molecular weight is 279 g/mol. The average Bonchev–Trinajstić information content (AvgIpc) is 2.76. The maximum absolute atomic E-state index is 13.0. The van der Waals surface area contributed by atoms with Crippen LogP contribution in [0, 0.1) is 0 Å². The van der Waals surface area contributed by atoms with E-state index in [4.69, 9.17) is 11.6 Å². The van der Waals surface area contributed by atoms with Gasteiger partial charge in [-0.25, -0.2) is 0 Å². The minimum absolute atomic E-state index is 0.107. The summed E-state index contributed by atoms with van der Waals surface area (Å²) in [6.45, 7) is 1.21. The lowest BCUT2D eigenvalue weighted by Gasteiger charge is -2.23. The second kappa shape index (κ2) is 4.97. The Morgan fingerprint density at radius 3 is 2.67 bits per heavy atom. The number of hydrogen-bond acceptors (Lipinski definition) is 2. The third-order valence-electron chi connectivity index (χ3n) is 3.20. The standard InChI is InChI=1S/C12H14ClF3N2/c1-17-9-4-5-18(7-9)11-3-2-8(13)6-10(11)12(14,15)16/h2-3,6,9,17H,4-5,7H2,1H3. The first-order chi connectivity index (χ1) is 8.41. The largest absolute Gasteiger partial charge is 0.418 e.